The molecule has 2 nitrogen and oxygen atoms in total. The molecule has 6 heteroatoms. The summed E-state index contributed by atoms with van der Waals surface area (Å²) in [7, 11) is -1.43. The van der Waals surface area contributed by atoms with Crippen LogP contribution in [0.1, 0.15) is 6.92 Å². The molecule has 0 aromatic carbocycles. The molecule has 0 amide bonds. The van der Waals surface area contributed by atoms with Crippen LogP contribution in [-0.4, -0.2) is 13.8 Å². The second-order valence-corrected chi connectivity index (χ2v) is 13.3. The molecule has 1 atom stereocenters. The minimum Gasteiger partial charge on any atom is -0.307 e. The van der Waals surface area contributed by atoms with E-state index in [1.165, 1.54) is 0 Å². The van der Waals surface area contributed by atoms with Gasteiger partial charge in [-0.15, -0.1) is 0 Å². The fourth-order valence-electron chi connectivity index (χ4n) is 0.342. The molecule has 0 fully saturated rings. The number of hydrogen-bond acceptors (Lipinski definition) is 2. The van der Waals surface area contributed by atoms with Crippen molar-refractivity contribution >= 4 is 36.6 Å². The minimum atomic E-state index is -3.34. The van der Waals surface area contributed by atoms with Crippen LogP contribution >= 0.6 is 28.6 Å². The van der Waals surface area contributed by atoms with Gasteiger partial charge in [0.15, 0.2) is 0 Å². The Morgan fingerprint density at radius 3 is 1.82 bits per heavy atom. The van der Waals surface area contributed by atoms with Gasteiger partial charge in [-0.1, -0.05) is 19.6 Å². The Balaban J connectivity index is 4.10. The smallest absolute Gasteiger partial charge is 0.307 e. The second kappa shape index (κ2) is 3.80. The van der Waals surface area contributed by atoms with Crippen LogP contribution in [0.5, 0.6) is 0 Å². The summed E-state index contributed by atoms with van der Waals surface area (Å²) in [6, 6.07) is 0. The van der Waals surface area contributed by atoms with E-state index in [2.05, 4.69) is 19.6 Å². The quantitative estimate of drug-likeness (QED) is 0.548. The van der Waals surface area contributed by atoms with Crippen LogP contribution in [0.2, 0.25) is 19.6 Å². The van der Waals surface area contributed by atoms with Crippen molar-refractivity contribution < 1.29 is 9.09 Å². The SMILES string of the molecule is CC(OP(=O)(Cl)Cl)[Si](C)(C)C. The minimum absolute atomic E-state index is 0.0802. The molecule has 0 spiro atoms. The number of halogens is 2. The lowest BCUT2D eigenvalue weighted by Crippen LogP contribution is -2.36. The maximum Gasteiger partial charge on any atom is 0.380 e. The van der Waals surface area contributed by atoms with Gasteiger partial charge in [0, 0.05) is 0 Å². The van der Waals surface area contributed by atoms with Gasteiger partial charge in [0.05, 0.1) is 13.8 Å². The highest BCUT2D eigenvalue weighted by Crippen LogP contribution is 2.58. The topological polar surface area (TPSA) is 26.3 Å². The number of rotatable bonds is 3. The van der Waals surface area contributed by atoms with Crippen molar-refractivity contribution in [3.8, 4) is 0 Å². The Labute approximate surface area is 78.3 Å². The van der Waals surface area contributed by atoms with E-state index in [0.29, 0.717) is 0 Å². The molecule has 0 bridgehead atoms. The summed E-state index contributed by atoms with van der Waals surface area (Å²) in [5.74, 6) is 0. The molecule has 0 saturated heterocycles. The normalized spacial score (nSPS) is 16.5. The van der Waals surface area contributed by atoms with Crippen LogP contribution in [-0.2, 0) is 9.09 Å². The standard InChI is InChI=1S/C5H13Cl2O2PSi/c1-5(11(2,3)4)9-10(6,7)8/h5H,1-4H3. The maximum absolute atomic E-state index is 10.8. The van der Waals surface area contributed by atoms with E-state index in [-0.39, 0.29) is 5.73 Å². The summed E-state index contributed by atoms with van der Waals surface area (Å²) in [5, 5.41) is 0. The van der Waals surface area contributed by atoms with E-state index < -0.39 is 14.1 Å². The second-order valence-electron chi connectivity index (χ2n) is 3.53. The molecular weight excluding hydrogens is 222 g/mol. The van der Waals surface area contributed by atoms with Crippen molar-refractivity contribution in [2.45, 2.75) is 32.3 Å². The average molecular weight is 235 g/mol. The van der Waals surface area contributed by atoms with Crippen LogP contribution in [0.25, 0.3) is 0 Å². The van der Waals surface area contributed by atoms with Crippen LogP contribution in [0.4, 0.5) is 0 Å². The molecule has 1 unspecified atom stereocenters. The maximum atomic E-state index is 10.8. The molecule has 0 aliphatic heterocycles. The van der Waals surface area contributed by atoms with Crippen LogP contribution in [0, 0.1) is 0 Å². The Bertz CT molecular complexity index is 174. The predicted octanol–water partition coefficient (Wildman–Crippen LogP) is 3.85. The third kappa shape index (κ3) is 6.18. The van der Waals surface area contributed by atoms with E-state index >= 15 is 0 Å². The van der Waals surface area contributed by atoms with Gasteiger partial charge >= 0.3 is 6.07 Å². The molecule has 0 aliphatic rings. The third-order valence-electron chi connectivity index (χ3n) is 1.50. The predicted molar refractivity (Wildman–Crippen MR) is 53.2 cm³/mol. The summed E-state index contributed by atoms with van der Waals surface area (Å²) in [5.41, 5.74) is -0.0802. The van der Waals surface area contributed by atoms with Gasteiger partial charge in [-0.3, -0.25) is 4.57 Å². The van der Waals surface area contributed by atoms with Gasteiger partial charge in [0.25, 0.3) is 0 Å². The molecule has 68 valence electrons. The third-order valence-corrected chi connectivity index (χ3v) is 5.30. The Morgan fingerprint density at radius 2 is 1.73 bits per heavy atom. The molecule has 0 heterocycles. The zero-order valence-electron chi connectivity index (χ0n) is 7.10. The summed E-state index contributed by atoms with van der Waals surface area (Å²) in [6.07, 6.45) is -3.34. The van der Waals surface area contributed by atoms with Crippen LogP contribution in [0.3, 0.4) is 0 Å². The fraction of sp³-hybridized carbons (Fsp3) is 1.00. The lowest BCUT2D eigenvalue weighted by atomic mass is 10.9. The largest absolute Gasteiger partial charge is 0.380 e. The summed E-state index contributed by atoms with van der Waals surface area (Å²) < 4.78 is 15.8. The van der Waals surface area contributed by atoms with E-state index in [1.54, 1.807) is 0 Å². The molecule has 0 aromatic rings. The molecule has 0 rings (SSSR count). The van der Waals surface area contributed by atoms with Gasteiger partial charge < -0.3 is 4.52 Å². The van der Waals surface area contributed by atoms with Crippen molar-refractivity contribution in [2.24, 2.45) is 0 Å². The highest BCUT2D eigenvalue weighted by molar-refractivity contribution is 8.05. The average Bonchev–Trinajstić information content (AvgIpc) is 1.56. The summed E-state index contributed by atoms with van der Waals surface area (Å²) >= 11 is 10.5. The van der Waals surface area contributed by atoms with E-state index in [9.17, 15) is 4.57 Å². The van der Waals surface area contributed by atoms with E-state index in [4.69, 9.17) is 27.0 Å². The molecule has 0 N–H and O–H groups in total. The number of hydrogen-bond donors (Lipinski definition) is 0. The van der Waals surface area contributed by atoms with Gasteiger partial charge in [0.2, 0.25) is 0 Å². The first-order valence-electron chi connectivity index (χ1n) is 3.30. The Kier molecular flexibility index (Phi) is 4.14. The zero-order chi connectivity index (χ0) is 9.28. The van der Waals surface area contributed by atoms with Crippen LogP contribution in [0.15, 0.2) is 0 Å². The first-order chi connectivity index (χ1) is 4.63. The van der Waals surface area contributed by atoms with Crippen molar-refractivity contribution in [3.63, 3.8) is 0 Å². The van der Waals surface area contributed by atoms with Crippen molar-refractivity contribution in [1.29, 1.82) is 0 Å². The lowest BCUT2D eigenvalue weighted by molar-refractivity contribution is 0.306. The molecule has 0 radical (unpaired) electrons. The zero-order valence-corrected chi connectivity index (χ0v) is 10.5. The Morgan fingerprint density at radius 1 is 1.36 bits per heavy atom. The highest BCUT2D eigenvalue weighted by atomic mass is 35.9. The van der Waals surface area contributed by atoms with Crippen molar-refractivity contribution in [1.82, 2.24) is 0 Å². The monoisotopic (exact) mass is 234 g/mol. The molecule has 0 aromatic heterocycles. The molecule has 11 heavy (non-hydrogen) atoms. The van der Waals surface area contributed by atoms with Crippen molar-refractivity contribution in [3.05, 3.63) is 0 Å². The van der Waals surface area contributed by atoms with Crippen LogP contribution < -0.4 is 0 Å². The molecule has 0 saturated carbocycles. The summed E-state index contributed by atoms with van der Waals surface area (Å²) in [6.45, 7) is 8.15. The molecular formula is C5H13Cl2O2PSi. The van der Waals surface area contributed by atoms with Crippen molar-refractivity contribution in [2.75, 3.05) is 0 Å². The van der Waals surface area contributed by atoms with E-state index in [1.807, 2.05) is 6.92 Å². The highest BCUT2D eigenvalue weighted by Gasteiger charge is 2.29. The fourth-order valence-corrected chi connectivity index (χ4v) is 3.54. The van der Waals surface area contributed by atoms with Gasteiger partial charge in [-0.05, 0) is 29.4 Å². The Hall–Kier alpha value is 0.987. The van der Waals surface area contributed by atoms with E-state index in [0.717, 1.165) is 0 Å². The summed E-state index contributed by atoms with van der Waals surface area (Å²) in [4.78, 5) is 0. The lowest BCUT2D eigenvalue weighted by Gasteiger charge is -2.24. The first-order valence-corrected chi connectivity index (χ1v) is 10.3. The van der Waals surface area contributed by atoms with Gasteiger partial charge in [-0.25, -0.2) is 0 Å². The molecule has 0 aliphatic carbocycles. The van der Waals surface area contributed by atoms with Gasteiger partial charge in [0.1, 0.15) is 0 Å². The van der Waals surface area contributed by atoms with Gasteiger partial charge in [-0.2, -0.15) is 0 Å². The first kappa shape index (κ1) is 12.0.